The first-order valence-electron chi connectivity index (χ1n) is 8.68. The maximum atomic E-state index is 11.5. The summed E-state index contributed by atoms with van der Waals surface area (Å²) in [7, 11) is 0. The van der Waals surface area contributed by atoms with E-state index < -0.39 is 0 Å². The van der Waals surface area contributed by atoms with Gasteiger partial charge in [0, 0.05) is 6.20 Å². The van der Waals surface area contributed by atoms with Gasteiger partial charge in [-0.2, -0.15) is 0 Å². The molecule has 9 heteroatoms. The first-order chi connectivity index (χ1) is 13.8. The Labute approximate surface area is 196 Å². The fourth-order valence-electron chi connectivity index (χ4n) is 2.53. The van der Waals surface area contributed by atoms with Crippen molar-refractivity contribution >= 4 is 47.1 Å². The third-order valence-electron chi connectivity index (χ3n) is 3.86. The van der Waals surface area contributed by atoms with Crippen molar-refractivity contribution < 1.29 is 33.7 Å². The second-order valence-corrected chi connectivity index (χ2v) is 9.71. The number of benzene rings is 1. The molecule has 2 aromatic rings. The number of aromatic nitrogens is 1. The third-order valence-corrected chi connectivity index (χ3v) is 8.15. The van der Waals surface area contributed by atoms with E-state index in [9.17, 15) is 9.59 Å². The number of rotatable bonds is 1. The van der Waals surface area contributed by atoms with Crippen LogP contribution in [0.5, 0.6) is 0 Å². The number of nitrogens with zero attached hydrogens (tertiary/aromatic N) is 1. The molecule has 0 spiro atoms. The molecule has 2 amide bonds. The van der Waals surface area contributed by atoms with Crippen LogP contribution in [0.15, 0.2) is 36.5 Å². The number of carbonyl (C=O) groups excluding carboxylic acids is 2. The molecule has 0 atom stereocenters. The Morgan fingerprint density at radius 2 is 1.48 bits per heavy atom. The maximum absolute atomic E-state index is 11.5. The van der Waals surface area contributed by atoms with Gasteiger partial charge >= 0.3 is 30.8 Å². The van der Waals surface area contributed by atoms with Gasteiger partial charge in [0.05, 0.1) is 0 Å². The van der Waals surface area contributed by atoms with Crippen LogP contribution in [-0.4, -0.2) is 51.3 Å². The van der Waals surface area contributed by atoms with Crippen LogP contribution in [0.2, 0.25) is 0 Å². The topological polar surface area (TPSA) is 79.0 Å². The molecule has 0 radical (unpaired) electrons. The van der Waals surface area contributed by atoms with Crippen LogP contribution < -0.4 is 5.32 Å². The van der Waals surface area contributed by atoms with Crippen LogP contribution >= 0.6 is 0 Å². The standard InChI is InChI=1S/C13H7N2O2.C6H12S3.CO.Ru/c16-12-9-5-4-8(7-10(9)13(17)15-12)11-3-1-2-6-14-11;1-2-8-5-6-9-4-3-7-1;1-2;/h1-3,5-7H,(H,15,16,17);1-6H2;;/q-1;;;+2/p+3. The molecule has 152 valence electrons. The summed E-state index contributed by atoms with van der Waals surface area (Å²) in [6.45, 7) is 4.50. The second kappa shape index (κ2) is 14.8. The molecule has 1 fully saturated rings. The zero-order valence-corrected chi connectivity index (χ0v) is 20.0. The number of nitrogens with one attached hydrogen (secondary N) is 1. The molecule has 1 N–H and O–H groups in total. The van der Waals surface area contributed by atoms with Crippen LogP contribution in [0.4, 0.5) is 0 Å². The number of fused-ring (bicyclic) bond motifs is 1. The molecule has 29 heavy (non-hydrogen) atoms. The normalized spacial score (nSPS) is 15.4. The SMILES string of the molecule is C1C[SH+]CC[SH+]CC[SH+]1.O=C1NC(=O)c2cc(-c3ccccn3)[c-]cc21.[C-]#[O+].[Ru+2]. The number of carbonyl (C=O) groups is 2. The largest absolute Gasteiger partial charge is 2.00 e. The summed E-state index contributed by atoms with van der Waals surface area (Å²) in [5.41, 5.74) is 2.18. The summed E-state index contributed by atoms with van der Waals surface area (Å²) < 4.78 is 7.50. The fourth-order valence-corrected chi connectivity index (χ4v) is 6.60. The van der Waals surface area contributed by atoms with E-state index in [0.717, 1.165) is 5.69 Å². The molecule has 1 aromatic heterocycles. The molecule has 0 bridgehead atoms. The monoisotopic (exact) mass is 536 g/mol. The quantitative estimate of drug-likeness (QED) is 0.193. The van der Waals surface area contributed by atoms with E-state index in [4.69, 9.17) is 4.65 Å². The molecule has 1 aromatic carbocycles. The Hall–Kier alpha value is -1.08. The molecular formula is C20H22N2O3RuS3+4. The van der Waals surface area contributed by atoms with Crippen LogP contribution in [0.3, 0.4) is 0 Å². The van der Waals surface area contributed by atoms with E-state index in [-0.39, 0.29) is 31.3 Å². The predicted octanol–water partition coefficient (Wildman–Crippen LogP) is 0.837. The summed E-state index contributed by atoms with van der Waals surface area (Å²) in [5.74, 6) is 8.00. The predicted molar refractivity (Wildman–Crippen MR) is 120 cm³/mol. The summed E-state index contributed by atoms with van der Waals surface area (Å²) in [4.78, 5) is 27.0. The maximum Gasteiger partial charge on any atom is 2.00 e. The van der Waals surface area contributed by atoms with Gasteiger partial charge in [-0.05, 0) is 58.2 Å². The number of imide groups is 1. The van der Waals surface area contributed by atoms with Crippen molar-refractivity contribution in [3.63, 3.8) is 0 Å². The molecule has 4 rings (SSSR count). The summed E-state index contributed by atoms with van der Waals surface area (Å²) in [5, 5.41) is 2.24. The minimum Gasteiger partial charge on any atom is 2.00 e. The molecular weight excluding hydrogens is 514 g/mol. The van der Waals surface area contributed by atoms with E-state index in [1.54, 1.807) is 47.5 Å². The Morgan fingerprint density at radius 3 is 2.00 bits per heavy atom. The van der Waals surface area contributed by atoms with Gasteiger partial charge in [-0.15, -0.1) is 23.8 Å². The van der Waals surface area contributed by atoms with E-state index >= 15 is 0 Å². The van der Waals surface area contributed by atoms with Gasteiger partial charge in [-0.3, -0.25) is 14.9 Å². The summed E-state index contributed by atoms with van der Waals surface area (Å²) in [6, 6.07) is 11.6. The fraction of sp³-hybridized carbons (Fsp3) is 0.300. The molecule has 2 aliphatic rings. The first kappa shape index (κ1) is 26.0. The Balaban J connectivity index is 0.000000300. The second-order valence-electron chi connectivity index (χ2n) is 5.68. The van der Waals surface area contributed by atoms with Gasteiger partial charge in [0.2, 0.25) is 11.8 Å². The molecule has 2 aliphatic heterocycles. The van der Waals surface area contributed by atoms with Crippen molar-refractivity contribution in [2.45, 2.75) is 0 Å². The summed E-state index contributed by atoms with van der Waals surface area (Å²) in [6.07, 6.45) is 1.67. The molecule has 3 heterocycles. The van der Waals surface area contributed by atoms with Crippen LogP contribution in [-0.2, 0) is 59.4 Å². The number of pyridine rings is 1. The Bertz CT molecular complexity index is 791. The van der Waals surface area contributed by atoms with E-state index in [0.29, 0.717) is 16.7 Å². The van der Waals surface area contributed by atoms with E-state index in [1.807, 2.05) is 18.2 Å². The number of amides is 2. The average Bonchev–Trinajstić information content (AvgIpc) is 3.13. The number of hydrogen-bond acceptors (Lipinski definition) is 3. The molecule has 5 nitrogen and oxygen atoms in total. The Morgan fingerprint density at radius 1 is 0.931 bits per heavy atom. The van der Waals surface area contributed by atoms with E-state index in [1.165, 1.54) is 40.6 Å². The van der Waals surface area contributed by atoms with Gasteiger partial charge < -0.3 is 4.98 Å². The van der Waals surface area contributed by atoms with Crippen molar-refractivity contribution in [2.24, 2.45) is 0 Å². The Kier molecular flexibility index (Phi) is 13.3. The molecule has 0 unspecified atom stereocenters. The smallest absolute Gasteiger partial charge is 2.00 e. The van der Waals surface area contributed by atoms with Gasteiger partial charge in [0.1, 0.15) is 34.5 Å². The minimum atomic E-state index is -0.367. The minimum absolute atomic E-state index is 0. The van der Waals surface area contributed by atoms with Crippen molar-refractivity contribution in [3.8, 4) is 11.3 Å². The average molecular weight is 536 g/mol. The van der Waals surface area contributed by atoms with Gasteiger partial charge in [0.15, 0.2) is 0 Å². The number of hydrogen-bond donors (Lipinski definition) is 1. The number of thiol groups is 3. The van der Waals surface area contributed by atoms with Gasteiger partial charge in [-0.1, -0.05) is 12.1 Å². The molecule has 0 aliphatic carbocycles. The third kappa shape index (κ3) is 8.29. The molecule has 0 saturated carbocycles. The van der Waals surface area contributed by atoms with Gasteiger partial charge in [-0.25, -0.2) is 0 Å². The zero-order valence-electron chi connectivity index (χ0n) is 15.6. The zero-order chi connectivity index (χ0) is 20.2. The van der Waals surface area contributed by atoms with Crippen molar-refractivity contribution in [2.75, 3.05) is 34.5 Å². The van der Waals surface area contributed by atoms with Crippen LogP contribution in [0.1, 0.15) is 20.7 Å². The van der Waals surface area contributed by atoms with Crippen molar-refractivity contribution in [1.29, 1.82) is 0 Å². The van der Waals surface area contributed by atoms with Crippen LogP contribution in [0, 0.1) is 12.7 Å². The van der Waals surface area contributed by atoms with Crippen molar-refractivity contribution in [1.82, 2.24) is 10.3 Å². The van der Waals surface area contributed by atoms with Crippen molar-refractivity contribution in [3.05, 3.63) is 60.4 Å². The van der Waals surface area contributed by atoms with Crippen LogP contribution in [0.25, 0.3) is 11.3 Å². The van der Waals surface area contributed by atoms with E-state index in [2.05, 4.69) is 23.0 Å². The summed E-state index contributed by atoms with van der Waals surface area (Å²) >= 11 is 5.10. The first-order valence-corrected chi connectivity index (χ1v) is 12.5. The molecule has 1 saturated heterocycles. The van der Waals surface area contributed by atoms with Gasteiger partial charge in [0.25, 0.3) is 0 Å².